The van der Waals surface area contributed by atoms with Gasteiger partial charge in [-0.3, -0.25) is 4.79 Å². The van der Waals surface area contributed by atoms with E-state index in [-0.39, 0.29) is 5.91 Å². The lowest BCUT2D eigenvalue weighted by molar-refractivity contribution is -0.116. The molecule has 2 atom stereocenters. The molecule has 0 spiro atoms. The molecule has 2 heterocycles. The monoisotopic (exact) mass is 270 g/mol. The Hall–Kier alpha value is -2.10. The van der Waals surface area contributed by atoms with E-state index < -0.39 is 0 Å². The fourth-order valence-electron chi connectivity index (χ4n) is 2.33. The average Bonchev–Trinajstić information content (AvgIpc) is 3.01. The molecule has 0 bridgehead atoms. The molecular formula is C16H18N2O2. The third-order valence-corrected chi connectivity index (χ3v) is 3.69. The number of pyridine rings is 1. The molecule has 1 saturated carbocycles. The van der Waals surface area contributed by atoms with Gasteiger partial charge in [0.2, 0.25) is 5.91 Å². The molecule has 1 amide bonds. The maximum absolute atomic E-state index is 11.8. The summed E-state index contributed by atoms with van der Waals surface area (Å²) < 4.78 is 5.78. The summed E-state index contributed by atoms with van der Waals surface area (Å²) in [7, 11) is 0. The van der Waals surface area contributed by atoms with E-state index in [0.29, 0.717) is 24.6 Å². The minimum absolute atomic E-state index is 0.0403. The van der Waals surface area contributed by atoms with Gasteiger partial charge in [-0.25, -0.2) is 4.98 Å². The zero-order valence-electron chi connectivity index (χ0n) is 11.5. The fraction of sp³-hybridized carbons (Fsp3) is 0.375. The lowest BCUT2D eigenvalue weighted by Crippen LogP contribution is -2.12. The van der Waals surface area contributed by atoms with E-state index in [1.165, 1.54) is 6.42 Å². The first-order valence-corrected chi connectivity index (χ1v) is 7.02. The van der Waals surface area contributed by atoms with Gasteiger partial charge in [0, 0.05) is 25.0 Å². The van der Waals surface area contributed by atoms with E-state index in [1.54, 1.807) is 12.3 Å². The Bertz CT molecular complexity index is 592. The predicted molar refractivity (Wildman–Crippen MR) is 76.4 cm³/mol. The second kappa shape index (κ2) is 5.49. The van der Waals surface area contributed by atoms with Crippen molar-refractivity contribution in [2.45, 2.75) is 32.1 Å². The first-order chi connectivity index (χ1) is 9.72. The summed E-state index contributed by atoms with van der Waals surface area (Å²) in [5.74, 6) is 3.83. The molecule has 1 N–H and O–H groups in total. The van der Waals surface area contributed by atoms with E-state index in [0.717, 1.165) is 17.4 Å². The highest BCUT2D eigenvalue weighted by molar-refractivity contribution is 5.89. The number of carbonyl (C=O) groups excluding carboxylic acids is 1. The minimum atomic E-state index is -0.0403. The van der Waals surface area contributed by atoms with Crippen molar-refractivity contribution in [2.24, 2.45) is 5.92 Å². The van der Waals surface area contributed by atoms with Gasteiger partial charge in [-0.15, -0.1) is 0 Å². The lowest BCUT2D eigenvalue weighted by atomic mass is 10.2. The number of aryl methyl sites for hydroxylation is 1. The Balaban J connectivity index is 1.49. The molecule has 0 aromatic carbocycles. The molecule has 1 aliphatic carbocycles. The summed E-state index contributed by atoms with van der Waals surface area (Å²) in [6.45, 7) is 2.23. The van der Waals surface area contributed by atoms with Crippen LogP contribution in [0, 0.1) is 5.92 Å². The summed E-state index contributed by atoms with van der Waals surface area (Å²) in [5, 5.41) is 2.77. The summed E-state index contributed by atoms with van der Waals surface area (Å²) in [5.41, 5.74) is 0. The number of furan rings is 1. The largest absolute Gasteiger partial charge is 0.466 e. The van der Waals surface area contributed by atoms with Crippen molar-refractivity contribution >= 4 is 11.7 Å². The maximum Gasteiger partial charge on any atom is 0.225 e. The quantitative estimate of drug-likeness (QED) is 0.906. The molecule has 1 fully saturated rings. The number of aromatic nitrogens is 1. The molecule has 4 nitrogen and oxygen atoms in total. The van der Waals surface area contributed by atoms with Gasteiger partial charge in [-0.1, -0.05) is 13.0 Å². The molecule has 20 heavy (non-hydrogen) atoms. The van der Waals surface area contributed by atoms with Gasteiger partial charge in [0.05, 0.1) is 0 Å². The summed E-state index contributed by atoms with van der Waals surface area (Å²) in [4.78, 5) is 15.9. The highest BCUT2D eigenvalue weighted by Crippen LogP contribution is 2.47. The zero-order chi connectivity index (χ0) is 13.9. The van der Waals surface area contributed by atoms with Crippen molar-refractivity contribution in [1.29, 1.82) is 0 Å². The fourth-order valence-corrected chi connectivity index (χ4v) is 2.33. The molecule has 4 heteroatoms. The Labute approximate surface area is 118 Å². The molecule has 1 aliphatic rings. The molecule has 0 radical (unpaired) electrons. The van der Waals surface area contributed by atoms with Gasteiger partial charge in [0.1, 0.15) is 17.3 Å². The van der Waals surface area contributed by atoms with Gasteiger partial charge in [0.25, 0.3) is 0 Å². The molecule has 3 rings (SSSR count). The van der Waals surface area contributed by atoms with Crippen molar-refractivity contribution in [3.05, 3.63) is 48.0 Å². The Morgan fingerprint density at radius 1 is 1.40 bits per heavy atom. The number of nitrogens with one attached hydrogen (secondary N) is 1. The van der Waals surface area contributed by atoms with E-state index in [9.17, 15) is 4.79 Å². The summed E-state index contributed by atoms with van der Waals surface area (Å²) in [6, 6.07) is 9.46. The number of hydrogen-bond donors (Lipinski definition) is 1. The van der Waals surface area contributed by atoms with Crippen LogP contribution in [0.25, 0.3) is 0 Å². The Kier molecular flexibility index (Phi) is 3.54. The third kappa shape index (κ3) is 3.07. The van der Waals surface area contributed by atoms with Crippen LogP contribution in [-0.4, -0.2) is 10.9 Å². The molecule has 104 valence electrons. The van der Waals surface area contributed by atoms with Gasteiger partial charge >= 0.3 is 0 Å². The van der Waals surface area contributed by atoms with Crippen LogP contribution in [0.15, 0.2) is 40.9 Å². The smallest absolute Gasteiger partial charge is 0.225 e. The number of nitrogens with zero attached hydrogens (tertiary/aromatic N) is 1. The Morgan fingerprint density at radius 2 is 2.25 bits per heavy atom. The van der Waals surface area contributed by atoms with Crippen molar-refractivity contribution in [2.75, 3.05) is 5.32 Å². The normalized spacial score (nSPS) is 20.6. The van der Waals surface area contributed by atoms with Crippen molar-refractivity contribution in [3.8, 4) is 0 Å². The first kappa shape index (κ1) is 12.9. The van der Waals surface area contributed by atoms with Gasteiger partial charge in [-0.05, 0) is 36.6 Å². The number of carbonyl (C=O) groups is 1. The average molecular weight is 270 g/mol. The molecule has 2 aromatic rings. The molecule has 0 unspecified atom stereocenters. The standard InChI is InChI=1S/C16H18N2O2/c1-11-10-13(11)14-7-5-12(20-14)6-8-16(19)18-15-4-2-3-9-17-15/h2-5,7,9,11,13H,6,8,10H2,1H3,(H,17,18,19)/t11-,13-/m1/s1. The van der Waals surface area contributed by atoms with Crippen LogP contribution in [0.2, 0.25) is 0 Å². The first-order valence-electron chi connectivity index (χ1n) is 7.02. The topological polar surface area (TPSA) is 55.1 Å². The SMILES string of the molecule is C[C@@H]1C[C@H]1c1ccc(CCC(=O)Nc2ccccn2)o1. The van der Waals surface area contributed by atoms with E-state index in [1.807, 2.05) is 24.3 Å². The van der Waals surface area contributed by atoms with E-state index in [2.05, 4.69) is 17.2 Å². The third-order valence-electron chi connectivity index (χ3n) is 3.69. The van der Waals surface area contributed by atoms with Crippen molar-refractivity contribution < 1.29 is 9.21 Å². The highest BCUT2D eigenvalue weighted by atomic mass is 16.3. The van der Waals surface area contributed by atoms with Gasteiger partial charge < -0.3 is 9.73 Å². The van der Waals surface area contributed by atoms with Crippen LogP contribution in [0.4, 0.5) is 5.82 Å². The zero-order valence-corrected chi connectivity index (χ0v) is 11.5. The molecule has 2 aromatic heterocycles. The predicted octanol–water partition coefficient (Wildman–Crippen LogP) is 3.37. The number of hydrogen-bond acceptors (Lipinski definition) is 3. The molecule has 0 aliphatic heterocycles. The molecule has 0 saturated heterocycles. The summed E-state index contributed by atoms with van der Waals surface area (Å²) in [6.07, 6.45) is 3.90. The van der Waals surface area contributed by atoms with Gasteiger partial charge in [-0.2, -0.15) is 0 Å². The summed E-state index contributed by atoms with van der Waals surface area (Å²) >= 11 is 0. The Morgan fingerprint density at radius 3 is 2.95 bits per heavy atom. The second-order valence-electron chi connectivity index (χ2n) is 5.39. The van der Waals surface area contributed by atoms with Gasteiger partial charge in [0.15, 0.2) is 0 Å². The van der Waals surface area contributed by atoms with Crippen LogP contribution in [0.1, 0.15) is 37.2 Å². The van der Waals surface area contributed by atoms with Crippen LogP contribution in [-0.2, 0) is 11.2 Å². The van der Waals surface area contributed by atoms with Crippen LogP contribution in [0.3, 0.4) is 0 Å². The van der Waals surface area contributed by atoms with Crippen LogP contribution < -0.4 is 5.32 Å². The minimum Gasteiger partial charge on any atom is -0.466 e. The van der Waals surface area contributed by atoms with Crippen molar-refractivity contribution in [3.63, 3.8) is 0 Å². The van der Waals surface area contributed by atoms with E-state index in [4.69, 9.17) is 4.42 Å². The number of anilines is 1. The lowest BCUT2D eigenvalue weighted by Gasteiger charge is -2.02. The molecular weight excluding hydrogens is 252 g/mol. The van der Waals surface area contributed by atoms with Crippen molar-refractivity contribution in [1.82, 2.24) is 4.98 Å². The highest BCUT2D eigenvalue weighted by Gasteiger charge is 2.36. The number of rotatable bonds is 5. The second-order valence-corrected chi connectivity index (χ2v) is 5.39. The van der Waals surface area contributed by atoms with Crippen LogP contribution in [0.5, 0.6) is 0 Å². The number of amides is 1. The van der Waals surface area contributed by atoms with E-state index >= 15 is 0 Å². The van der Waals surface area contributed by atoms with Crippen LogP contribution >= 0.6 is 0 Å². The maximum atomic E-state index is 11.8.